The van der Waals surface area contributed by atoms with Crippen LogP contribution in [0.4, 0.5) is 4.39 Å². The van der Waals surface area contributed by atoms with E-state index in [9.17, 15) is 14.0 Å². The Bertz CT molecular complexity index is 742. The van der Waals surface area contributed by atoms with Gasteiger partial charge < -0.3 is 10.4 Å². The van der Waals surface area contributed by atoms with Gasteiger partial charge in [0.2, 0.25) is 0 Å². The topological polar surface area (TPSA) is 93.4 Å². The van der Waals surface area contributed by atoms with E-state index in [4.69, 9.17) is 10.4 Å². The number of amides is 1. The third-order valence-electron chi connectivity index (χ3n) is 5.13. The number of carbonyl (C=O) groups is 2. The summed E-state index contributed by atoms with van der Waals surface area (Å²) in [6.07, 6.45) is 4.10. The average Bonchev–Trinajstić information content (AvgIpc) is 3.35. The minimum atomic E-state index is -0.802. The van der Waals surface area contributed by atoms with Crippen LogP contribution in [0.2, 0.25) is 0 Å². The number of nitrogens with one attached hydrogen (secondary N) is 1. The summed E-state index contributed by atoms with van der Waals surface area (Å²) in [6.45, 7) is 1.26. The molecule has 138 valence electrons. The molecule has 1 saturated carbocycles. The predicted octanol–water partition coefficient (Wildman–Crippen LogP) is 2.14. The smallest absolute Gasteiger partial charge is 0.304 e. The van der Waals surface area contributed by atoms with Gasteiger partial charge in [-0.15, -0.1) is 0 Å². The van der Waals surface area contributed by atoms with Crippen molar-refractivity contribution in [1.29, 1.82) is 5.26 Å². The number of halogens is 1. The third-order valence-corrected chi connectivity index (χ3v) is 5.13. The third kappa shape index (κ3) is 4.58. The Labute approximate surface area is 151 Å². The van der Waals surface area contributed by atoms with E-state index in [0.717, 1.165) is 31.5 Å². The average molecular weight is 359 g/mol. The number of hydrogen-bond acceptors (Lipinski definition) is 4. The molecule has 1 saturated heterocycles. The van der Waals surface area contributed by atoms with Gasteiger partial charge in [0.1, 0.15) is 5.82 Å². The van der Waals surface area contributed by atoms with Gasteiger partial charge in [0.05, 0.1) is 18.1 Å². The van der Waals surface area contributed by atoms with E-state index in [1.165, 1.54) is 18.9 Å². The van der Waals surface area contributed by atoms with E-state index in [2.05, 4.69) is 10.2 Å². The van der Waals surface area contributed by atoms with E-state index in [0.29, 0.717) is 12.5 Å². The van der Waals surface area contributed by atoms with Gasteiger partial charge in [0.15, 0.2) is 0 Å². The Morgan fingerprint density at radius 2 is 1.96 bits per heavy atom. The summed E-state index contributed by atoms with van der Waals surface area (Å²) in [4.78, 5) is 25.6. The predicted molar refractivity (Wildman–Crippen MR) is 91.9 cm³/mol. The molecular weight excluding hydrogens is 337 g/mol. The standard InChI is InChI=1S/C19H22FN3O3/c20-15-6-13(9-21)5-14(7-15)19(26)22-10-17-4-3-16(8-18(24)25)23(17)11-12-1-2-12/h5-7,12,16-17H,1-4,8,10-11H2,(H,22,26)(H,24,25)/t16-,17+/m1/s1. The number of aliphatic carboxylic acids is 1. The molecule has 2 atom stereocenters. The van der Waals surface area contributed by atoms with Crippen LogP contribution in [0.15, 0.2) is 18.2 Å². The summed E-state index contributed by atoms with van der Waals surface area (Å²) in [5.41, 5.74) is 0.225. The van der Waals surface area contributed by atoms with Crippen LogP contribution in [0.25, 0.3) is 0 Å². The number of carbonyl (C=O) groups excluding carboxylic acids is 1. The van der Waals surface area contributed by atoms with Crippen molar-refractivity contribution in [2.45, 2.75) is 44.2 Å². The Hall–Kier alpha value is -2.46. The van der Waals surface area contributed by atoms with Crippen LogP contribution in [0.1, 0.15) is 48.0 Å². The highest BCUT2D eigenvalue weighted by Gasteiger charge is 2.38. The zero-order chi connectivity index (χ0) is 18.7. The molecule has 1 aromatic carbocycles. The summed E-state index contributed by atoms with van der Waals surface area (Å²) >= 11 is 0. The summed E-state index contributed by atoms with van der Waals surface area (Å²) < 4.78 is 13.5. The van der Waals surface area contributed by atoms with Crippen molar-refractivity contribution in [3.63, 3.8) is 0 Å². The molecule has 0 aromatic heterocycles. The molecule has 2 aliphatic rings. The lowest BCUT2D eigenvalue weighted by Crippen LogP contribution is -2.44. The number of likely N-dealkylation sites (tertiary alicyclic amines) is 1. The van der Waals surface area contributed by atoms with Gasteiger partial charge in [-0.3, -0.25) is 14.5 Å². The normalized spacial score (nSPS) is 22.8. The van der Waals surface area contributed by atoms with Crippen LogP contribution in [-0.4, -0.2) is 47.1 Å². The molecule has 1 heterocycles. The van der Waals surface area contributed by atoms with Gasteiger partial charge in [0, 0.05) is 30.7 Å². The van der Waals surface area contributed by atoms with E-state index in [1.807, 2.05) is 6.07 Å². The number of carboxylic acid groups (broad SMARTS) is 1. The second kappa shape index (κ2) is 7.83. The van der Waals surface area contributed by atoms with Crippen LogP contribution in [-0.2, 0) is 4.79 Å². The second-order valence-corrected chi connectivity index (χ2v) is 7.17. The summed E-state index contributed by atoms with van der Waals surface area (Å²) in [5.74, 6) is -1.21. The summed E-state index contributed by atoms with van der Waals surface area (Å²) in [6, 6.07) is 5.49. The van der Waals surface area contributed by atoms with Gasteiger partial charge in [-0.05, 0) is 49.8 Å². The molecule has 6 nitrogen and oxygen atoms in total. The van der Waals surface area contributed by atoms with Crippen molar-refractivity contribution in [2.24, 2.45) is 5.92 Å². The van der Waals surface area contributed by atoms with Crippen LogP contribution < -0.4 is 5.32 Å². The number of rotatable bonds is 7. The fourth-order valence-corrected chi connectivity index (χ4v) is 3.65. The Balaban J connectivity index is 1.62. The molecule has 2 fully saturated rings. The van der Waals surface area contributed by atoms with Crippen LogP contribution in [0, 0.1) is 23.1 Å². The van der Waals surface area contributed by atoms with Gasteiger partial charge in [-0.25, -0.2) is 4.39 Å². The molecule has 0 unspecified atom stereocenters. The summed E-state index contributed by atoms with van der Waals surface area (Å²) in [5, 5.41) is 20.8. The molecule has 1 aliphatic heterocycles. The van der Waals surface area contributed by atoms with Crippen molar-refractivity contribution >= 4 is 11.9 Å². The lowest BCUT2D eigenvalue weighted by Gasteiger charge is -2.29. The van der Waals surface area contributed by atoms with Crippen molar-refractivity contribution < 1.29 is 19.1 Å². The van der Waals surface area contributed by atoms with E-state index >= 15 is 0 Å². The first-order chi connectivity index (χ1) is 12.5. The van der Waals surface area contributed by atoms with E-state index < -0.39 is 17.7 Å². The number of hydrogen-bond donors (Lipinski definition) is 2. The van der Waals surface area contributed by atoms with Gasteiger partial charge in [-0.2, -0.15) is 5.26 Å². The number of nitriles is 1. The van der Waals surface area contributed by atoms with Gasteiger partial charge in [0.25, 0.3) is 5.91 Å². The fourth-order valence-electron chi connectivity index (χ4n) is 3.65. The van der Waals surface area contributed by atoms with Crippen molar-refractivity contribution in [1.82, 2.24) is 10.2 Å². The van der Waals surface area contributed by atoms with Crippen molar-refractivity contribution in [2.75, 3.05) is 13.1 Å². The van der Waals surface area contributed by atoms with Gasteiger partial charge in [-0.1, -0.05) is 0 Å². The van der Waals surface area contributed by atoms with E-state index in [1.54, 1.807) is 0 Å². The van der Waals surface area contributed by atoms with Gasteiger partial charge >= 0.3 is 5.97 Å². The van der Waals surface area contributed by atoms with E-state index in [-0.39, 0.29) is 29.6 Å². The SMILES string of the molecule is N#Cc1cc(F)cc(C(=O)NC[C@@H]2CC[C@H](CC(=O)O)N2CC2CC2)c1. The first kappa shape index (κ1) is 18.3. The van der Waals surface area contributed by atoms with Crippen LogP contribution in [0.3, 0.4) is 0 Å². The molecule has 0 radical (unpaired) electrons. The van der Waals surface area contributed by atoms with Crippen LogP contribution >= 0.6 is 0 Å². The first-order valence-corrected chi connectivity index (χ1v) is 8.92. The molecule has 2 N–H and O–H groups in total. The van der Waals surface area contributed by atoms with Crippen molar-refractivity contribution in [3.8, 4) is 6.07 Å². The Morgan fingerprint density at radius 1 is 1.23 bits per heavy atom. The lowest BCUT2D eigenvalue weighted by atomic mass is 10.1. The molecule has 26 heavy (non-hydrogen) atoms. The number of benzene rings is 1. The molecule has 0 bridgehead atoms. The minimum absolute atomic E-state index is 0.00867. The molecule has 1 aliphatic carbocycles. The minimum Gasteiger partial charge on any atom is -0.481 e. The highest BCUT2D eigenvalue weighted by molar-refractivity contribution is 5.94. The molecule has 3 rings (SSSR count). The zero-order valence-electron chi connectivity index (χ0n) is 14.4. The number of carboxylic acids is 1. The zero-order valence-corrected chi connectivity index (χ0v) is 14.4. The van der Waals surface area contributed by atoms with Crippen molar-refractivity contribution in [3.05, 3.63) is 35.1 Å². The highest BCUT2D eigenvalue weighted by Crippen LogP contribution is 2.35. The Morgan fingerprint density at radius 3 is 2.62 bits per heavy atom. The second-order valence-electron chi connectivity index (χ2n) is 7.17. The maximum atomic E-state index is 13.5. The molecule has 1 amide bonds. The number of nitrogens with zero attached hydrogens (tertiary/aromatic N) is 2. The highest BCUT2D eigenvalue weighted by atomic mass is 19.1. The molecule has 1 aromatic rings. The molecule has 7 heteroatoms. The lowest BCUT2D eigenvalue weighted by molar-refractivity contribution is -0.138. The quantitative estimate of drug-likeness (QED) is 0.778. The van der Waals surface area contributed by atoms with Crippen LogP contribution in [0.5, 0.6) is 0 Å². The fraction of sp³-hybridized carbons (Fsp3) is 0.526. The molecule has 0 spiro atoms. The monoisotopic (exact) mass is 359 g/mol. The largest absolute Gasteiger partial charge is 0.481 e. The molecular formula is C19H22FN3O3. The summed E-state index contributed by atoms with van der Waals surface area (Å²) in [7, 11) is 0. The maximum Gasteiger partial charge on any atom is 0.304 e. The maximum absolute atomic E-state index is 13.5. The first-order valence-electron chi connectivity index (χ1n) is 8.92. The Kier molecular flexibility index (Phi) is 5.52.